The average molecular weight is 487 g/mol. The SMILES string of the molecule is C=C(C)CN=C(NCC1CCS(=O)(=O)C1)N1CCSC(C)(C)C1.I. The average Bonchev–Trinajstić information content (AvgIpc) is 2.77. The predicted octanol–water partition coefficient (Wildman–Crippen LogP) is 2.39. The summed E-state index contributed by atoms with van der Waals surface area (Å²) in [5.74, 6) is 2.80. The minimum Gasteiger partial charge on any atom is -0.356 e. The summed E-state index contributed by atoms with van der Waals surface area (Å²) in [5.41, 5.74) is 1.03. The number of guanidine groups is 1. The standard InChI is InChI=1S/C16H29N3O2S2.HI/c1-13(2)9-17-15(19-6-7-22-16(3,4)12-19)18-10-14-5-8-23(20,21)11-14;/h14H,1,5-12H2,2-4H3,(H,17,18);1H. The van der Waals surface area contributed by atoms with Gasteiger partial charge in [0.2, 0.25) is 0 Å². The highest BCUT2D eigenvalue weighted by Gasteiger charge is 2.31. The molecule has 0 aromatic heterocycles. The first-order chi connectivity index (χ1) is 10.7. The van der Waals surface area contributed by atoms with Crippen molar-refractivity contribution in [3.05, 3.63) is 12.2 Å². The highest BCUT2D eigenvalue weighted by Crippen LogP contribution is 2.29. The Labute approximate surface area is 168 Å². The maximum atomic E-state index is 11.6. The quantitative estimate of drug-likeness (QED) is 0.286. The monoisotopic (exact) mass is 487 g/mol. The molecule has 8 heteroatoms. The second kappa shape index (κ2) is 9.12. The van der Waals surface area contributed by atoms with Crippen LogP contribution in [0, 0.1) is 5.92 Å². The van der Waals surface area contributed by atoms with E-state index in [9.17, 15) is 8.42 Å². The number of sulfone groups is 1. The van der Waals surface area contributed by atoms with E-state index in [-0.39, 0.29) is 34.6 Å². The van der Waals surface area contributed by atoms with Crippen LogP contribution in [0.4, 0.5) is 0 Å². The van der Waals surface area contributed by atoms with Crippen LogP contribution in [0.25, 0.3) is 0 Å². The van der Waals surface area contributed by atoms with Crippen LogP contribution in [-0.2, 0) is 9.84 Å². The zero-order valence-electron chi connectivity index (χ0n) is 14.9. The van der Waals surface area contributed by atoms with E-state index in [2.05, 4.69) is 35.6 Å². The molecular weight excluding hydrogens is 457 g/mol. The van der Waals surface area contributed by atoms with Gasteiger partial charge in [0, 0.05) is 30.1 Å². The summed E-state index contributed by atoms with van der Waals surface area (Å²) in [6.07, 6.45) is 0.754. The molecule has 2 rings (SSSR count). The molecule has 2 aliphatic heterocycles. The summed E-state index contributed by atoms with van der Waals surface area (Å²) < 4.78 is 23.4. The Bertz CT molecular complexity index is 576. The smallest absolute Gasteiger partial charge is 0.194 e. The second-order valence-electron chi connectivity index (χ2n) is 7.28. The Balaban J connectivity index is 0.00000288. The minimum absolute atomic E-state index is 0. The molecule has 2 aliphatic rings. The van der Waals surface area contributed by atoms with Crippen molar-refractivity contribution in [2.24, 2.45) is 10.9 Å². The number of hydrogen-bond acceptors (Lipinski definition) is 4. The van der Waals surface area contributed by atoms with Crippen molar-refractivity contribution in [3.8, 4) is 0 Å². The molecule has 0 aliphatic carbocycles. The lowest BCUT2D eigenvalue weighted by Crippen LogP contribution is -2.51. The van der Waals surface area contributed by atoms with E-state index in [1.165, 1.54) is 0 Å². The van der Waals surface area contributed by atoms with Crippen molar-refractivity contribution in [2.75, 3.05) is 43.4 Å². The molecule has 1 atom stereocenters. The van der Waals surface area contributed by atoms with E-state index < -0.39 is 9.84 Å². The topological polar surface area (TPSA) is 61.8 Å². The van der Waals surface area contributed by atoms with Gasteiger partial charge < -0.3 is 10.2 Å². The number of aliphatic imine (C=N–C) groups is 1. The van der Waals surface area contributed by atoms with Crippen LogP contribution in [0.1, 0.15) is 27.2 Å². The lowest BCUT2D eigenvalue weighted by atomic mass is 10.1. The summed E-state index contributed by atoms with van der Waals surface area (Å²) in [6.45, 7) is 13.6. The largest absolute Gasteiger partial charge is 0.356 e. The maximum Gasteiger partial charge on any atom is 0.194 e. The number of nitrogens with one attached hydrogen (secondary N) is 1. The van der Waals surface area contributed by atoms with E-state index in [0.29, 0.717) is 24.6 Å². The third kappa shape index (κ3) is 7.11. The molecule has 0 spiro atoms. The highest BCUT2D eigenvalue weighted by molar-refractivity contribution is 14.0. The molecule has 2 heterocycles. The lowest BCUT2D eigenvalue weighted by molar-refractivity contribution is 0.372. The van der Waals surface area contributed by atoms with Crippen molar-refractivity contribution in [1.82, 2.24) is 10.2 Å². The Kier molecular flexibility index (Phi) is 8.39. The molecule has 1 unspecified atom stereocenters. The summed E-state index contributed by atoms with van der Waals surface area (Å²) in [4.78, 5) is 6.98. The van der Waals surface area contributed by atoms with Gasteiger partial charge in [-0.25, -0.2) is 13.4 Å². The molecule has 0 bridgehead atoms. The molecule has 0 saturated carbocycles. The fraction of sp³-hybridized carbons (Fsp3) is 0.812. The van der Waals surface area contributed by atoms with Crippen LogP contribution in [0.2, 0.25) is 0 Å². The number of thioether (sulfide) groups is 1. The van der Waals surface area contributed by atoms with Crippen molar-refractivity contribution in [3.63, 3.8) is 0 Å². The van der Waals surface area contributed by atoms with Crippen LogP contribution in [0.3, 0.4) is 0 Å². The Morgan fingerprint density at radius 3 is 2.71 bits per heavy atom. The molecule has 24 heavy (non-hydrogen) atoms. The van der Waals surface area contributed by atoms with Crippen molar-refractivity contribution >= 4 is 51.5 Å². The molecule has 140 valence electrons. The molecule has 0 aromatic rings. The zero-order valence-corrected chi connectivity index (χ0v) is 18.8. The molecule has 2 saturated heterocycles. The van der Waals surface area contributed by atoms with Gasteiger partial charge in [-0.05, 0) is 33.1 Å². The van der Waals surface area contributed by atoms with Crippen molar-refractivity contribution in [1.29, 1.82) is 0 Å². The zero-order chi connectivity index (χ0) is 17.1. The van der Waals surface area contributed by atoms with Gasteiger partial charge in [-0.2, -0.15) is 11.8 Å². The molecular formula is C16H30IN3O2S2. The molecule has 0 radical (unpaired) electrons. The molecule has 1 N–H and O–H groups in total. The lowest BCUT2D eigenvalue weighted by Gasteiger charge is -2.39. The third-order valence-electron chi connectivity index (χ3n) is 4.10. The van der Waals surface area contributed by atoms with Gasteiger partial charge in [0.05, 0.1) is 18.1 Å². The fourth-order valence-corrected chi connectivity index (χ4v) is 5.92. The van der Waals surface area contributed by atoms with Crippen LogP contribution < -0.4 is 5.32 Å². The molecule has 0 aromatic carbocycles. The van der Waals surface area contributed by atoms with Gasteiger partial charge in [-0.1, -0.05) is 12.2 Å². The van der Waals surface area contributed by atoms with Crippen LogP contribution in [0.15, 0.2) is 17.1 Å². The number of nitrogens with zero attached hydrogens (tertiary/aromatic N) is 2. The first-order valence-electron chi connectivity index (χ1n) is 8.19. The van der Waals surface area contributed by atoms with Crippen LogP contribution >= 0.6 is 35.7 Å². The number of halogens is 1. The predicted molar refractivity (Wildman–Crippen MR) is 115 cm³/mol. The van der Waals surface area contributed by atoms with E-state index in [1.54, 1.807) is 0 Å². The van der Waals surface area contributed by atoms with Crippen LogP contribution in [0.5, 0.6) is 0 Å². The maximum absolute atomic E-state index is 11.6. The fourth-order valence-electron chi connectivity index (χ4n) is 2.94. The highest BCUT2D eigenvalue weighted by atomic mass is 127. The molecule has 0 amide bonds. The van der Waals surface area contributed by atoms with Gasteiger partial charge in [-0.3, -0.25) is 0 Å². The molecule has 5 nitrogen and oxygen atoms in total. The van der Waals surface area contributed by atoms with E-state index in [0.717, 1.165) is 36.8 Å². The first-order valence-corrected chi connectivity index (χ1v) is 11.0. The van der Waals surface area contributed by atoms with Gasteiger partial charge in [0.25, 0.3) is 0 Å². The summed E-state index contributed by atoms with van der Waals surface area (Å²) >= 11 is 1.99. The van der Waals surface area contributed by atoms with Crippen molar-refractivity contribution in [2.45, 2.75) is 31.9 Å². The van der Waals surface area contributed by atoms with Crippen LogP contribution in [-0.4, -0.2) is 67.5 Å². The van der Waals surface area contributed by atoms with Gasteiger partial charge in [-0.15, -0.1) is 24.0 Å². The molecule has 2 fully saturated rings. The first kappa shape index (κ1) is 22.1. The van der Waals surface area contributed by atoms with E-state index in [4.69, 9.17) is 0 Å². The van der Waals surface area contributed by atoms with Gasteiger partial charge >= 0.3 is 0 Å². The van der Waals surface area contributed by atoms with Gasteiger partial charge in [0.15, 0.2) is 15.8 Å². The number of hydrogen-bond donors (Lipinski definition) is 1. The Morgan fingerprint density at radius 1 is 1.46 bits per heavy atom. The van der Waals surface area contributed by atoms with E-state index in [1.807, 2.05) is 18.7 Å². The minimum atomic E-state index is -2.82. The Hall–Kier alpha value is 0.0400. The van der Waals surface area contributed by atoms with Gasteiger partial charge in [0.1, 0.15) is 0 Å². The second-order valence-corrected chi connectivity index (χ2v) is 11.3. The number of rotatable bonds is 4. The van der Waals surface area contributed by atoms with Crippen molar-refractivity contribution < 1.29 is 8.42 Å². The van der Waals surface area contributed by atoms with E-state index >= 15 is 0 Å². The summed E-state index contributed by atoms with van der Waals surface area (Å²) in [5, 5.41) is 3.42. The Morgan fingerprint density at radius 2 is 2.17 bits per heavy atom. The normalized spacial score (nSPS) is 25.9. The summed E-state index contributed by atoms with van der Waals surface area (Å²) in [7, 11) is -2.82. The third-order valence-corrected chi connectivity index (χ3v) is 7.23. The summed E-state index contributed by atoms with van der Waals surface area (Å²) in [6, 6.07) is 0.